The molecule has 0 saturated heterocycles. The first-order chi connectivity index (χ1) is 6.79. The Bertz CT molecular complexity index is 419. The van der Waals surface area contributed by atoms with E-state index >= 15 is 0 Å². The minimum atomic E-state index is 0.512. The summed E-state index contributed by atoms with van der Waals surface area (Å²) in [5.74, 6) is 1.05. The van der Waals surface area contributed by atoms with E-state index in [0.29, 0.717) is 11.7 Å². The van der Waals surface area contributed by atoms with Gasteiger partial charge in [0.1, 0.15) is 10.8 Å². The predicted molar refractivity (Wildman–Crippen MR) is 55.0 cm³/mol. The summed E-state index contributed by atoms with van der Waals surface area (Å²) in [6.45, 7) is 2.78. The van der Waals surface area contributed by atoms with Gasteiger partial charge in [0, 0.05) is 18.8 Å². The zero-order chi connectivity index (χ0) is 9.97. The average molecular weight is 209 g/mol. The molecule has 0 radical (unpaired) electrons. The highest BCUT2D eigenvalue weighted by Gasteiger charge is 2.04. The van der Waals surface area contributed by atoms with E-state index in [9.17, 15) is 0 Å². The summed E-state index contributed by atoms with van der Waals surface area (Å²) in [7, 11) is 0. The Morgan fingerprint density at radius 1 is 1.50 bits per heavy atom. The molecule has 2 heterocycles. The maximum absolute atomic E-state index is 5.50. The number of hydrogen-bond donors (Lipinski definition) is 1. The monoisotopic (exact) mass is 209 g/mol. The number of nitrogen functional groups attached to an aromatic ring is 1. The van der Waals surface area contributed by atoms with Gasteiger partial charge in [-0.2, -0.15) is 0 Å². The lowest BCUT2D eigenvalue weighted by atomic mass is 10.4. The SMILES string of the molecule is CCc1nccn1Cc1nnc(N)s1. The lowest BCUT2D eigenvalue weighted by Gasteiger charge is -2.01. The highest BCUT2D eigenvalue weighted by Crippen LogP contribution is 2.13. The standard InChI is InChI=1S/C8H11N5S/c1-2-6-10-3-4-13(6)5-7-11-12-8(9)14-7/h3-4H,2,5H2,1H3,(H2,9,12). The first-order valence-electron chi connectivity index (χ1n) is 4.37. The number of anilines is 1. The molecule has 0 aliphatic carbocycles. The molecular formula is C8H11N5S. The molecule has 2 rings (SSSR count). The van der Waals surface area contributed by atoms with Crippen LogP contribution in [0.4, 0.5) is 5.13 Å². The normalized spacial score (nSPS) is 10.6. The van der Waals surface area contributed by atoms with Gasteiger partial charge in [0.25, 0.3) is 0 Å². The summed E-state index contributed by atoms with van der Waals surface area (Å²) in [5, 5.41) is 9.15. The Labute approximate surface area is 85.6 Å². The van der Waals surface area contributed by atoms with E-state index < -0.39 is 0 Å². The van der Waals surface area contributed by atoms with Gasteiger partial charge in [-0.3, -0.25) is 0 Å². The van der Waals surface area contributed by atoms with Crippen molar-refractivity contribution in [3.63, 3.8) is 0 Å². The van der Waals surface area contributed by atoms with Crippen molar-refractivity contribution in [1.82, 2.24) is 19.7 Å². The summed E-state index contributed by atoms with van der Waals surface area (Å²) in [4.78, 5) is 4.23. The second kappa shape index (κ2) is 3.75. The Morgan fingerprint density at radius 3 is 3.00 bits per heavy atom. The van der Waals surface area contributed by atoms with Crippen LogP contribution in [0.15, 0.2) is 12.4 Å². The van der Waals surface area contributed by atoms with Gasteiger partial charge in [-0.05, 0) is 0 Å². The van der Waals surface area contributed by atoms with Crippen LogP contribution in [-0.4, -0.2) is 19.7 Å². The van der Waals surface area contributed by atoms with Crippen molar-refractivity contribution in [2.24, 2.45) is 0 Å². The third-order valence-corrected chi connectivity index (χ3v) is 2.64. The van der Waals surface area contributed by atoms with E-state index in [4.69, 9.17) is 5.73 Å². The number of rotatable bonds is 3. The van der Waals surface area contributed by atoms with Gasteiger partial charge >= 0.3 is 0 Å². The molecule has 0 aliphatic rings. The van der Waals surface area contributed by atoms with Crippen LogP contribution in [0.2, 0.25) is 0 Å². The fourth-order valence-corrected chi connectivity index (χ4v) is 1.88. The van der Waals surface area contributed by atoms with E-state index in [1.807, 2.05) is 6.20 Å². The molecule has 0 fully saturated rings. The maximum Gasteiger partial charge on any atom is 0.203 e. The molecule has 2 aromatic heterocycles. The highest BCUT2D eigenvalue weighted by molar-refractivity contribution is 7.15. The molecule has 74 valence electrons. The Balaban J connectivity index is 2.18. The molecule has 0 aliphatic heterocycles. The van der Waals surface area contributed by atoms with Crippen molar-refractivity contribution in [3.8, 4) is 0 Å². The fourth-order valence-electron chi connectivity index (χ4n) is 1.27. The van der Waals surface area contributed by atoms with Crippen LogP contribution in [0.5, 0.6) is 0 Å². The molecule has 5 nitrogen and oxygen atoms in total. The van der Waals surface area contributed by atoms with E-state index in [2.05, 4.69) is 26.7 Å². The van der Waals surface area contributed by atoms with Gasteiger partial charge in [0.15, 0.2) is 0 Å². The molecule has 0 amide bonds. The molecule has 0 bridgehead atoms. The molecule has 2 N–H and O–H groups in total. The number of aromatic nitrogens is 4. The first-order valence-corrected chi connectivity index (χ1v) is 5.19. The van der Waals surface area contributed by atoms with Crippen molar-refractivity contribution in [1.29, 1.82) is 0 Å². The molecule has 6 heteroatoms. The van der Waals surface area contributed by atoms with Crippen LogP contribution in [0.25, 0.3) is 0 Å². The van der Waals surface area contributed by atoms with Crippen LogP contribution in [0.3, 0.4) is 0 Å². The number of nitrogens with two attached hydrogens (primary N) is 1. The number of imidazole rings is 1. The Hall–Kier alpha value is -1.43. The molecule has 0 saturated carbocycles. The first kappa shape index (κ1) is 9.14. The third kappa shape index (κ3) is 1.74. The topological polar surface area (TPSA) is 69.6 Å². The summed E-state index contributed by atoms with van der Waals surface area (Å²) >= 11 is 1.41. The van der Waals surface area contributed by atoms with Crippen molar-refractivity contribution < 1.29 is 0 Å². The quantitative estimate of drug-likeness (QED) is 0.816. The summed E-state index contributed by atoms with van der Waals surface area (Å²) in [6, 6.07) is 0. The van der Waals surface area contributed by atoms with Crippen LogP contribution in [0, 0.1) is 0 Å². The lowest BCUT2D eigenvalue weighted by molar-refractivity contribution is 0.721. The minimum absolute atomic E-state index is 0.512. The predicted octanol–water partition coefficient (Wildman–Crippen LogP) is 0.927. The zero-order valence-corrected chi connectivity index (χ0v) is 8.66. The van der Waals surface area contributed by atoms with Gasteiger partial charge in [0.05, 0.1) is 6.54 Å². The summed E-state index contributed by atoms with van der Waals surface area (Å²) in [6.07, 6.45) is 4.65. The second-order valence-electron chi connectivity index (χ2n) is 2.86. The number of hydrogen-bond acceptors (Lipinski definition) is 5. The second-order valence-corrected chi connectivity index (χ2v) is 3.95. The van der Waals surface area contributed by atoms with Crippen LogP contribution < -0.4 is 5.73 Å². The van der Waals surface area contributed by atoms with Gasteiger partial charge in [0.2, 0.25) is 5.13 Å². The van der Waals surface area contributed by atoms with Crippen molar-refractivity contribution in [2.75, 3.05) is 5.73 Å². The number of aryl methyl sites for hydroxylation is 1. The molecule has 14 heavy (non-hydrogen) atoms. The number of nitrogens with zero attached hydrogens (tertiary/aromatic N) is 4. The molecular weight excluding hydrogens is 198 g/mol. The van der Waals surface area contributed by atoms with E-state index in [-0.39, 0.29) is 0 Å². The molecule has 0 atom stereocenters. The van der Waals surface area contributed by atoms with Gasteiger partial charge in [-0.15, -0.1) is 10.2 Å². The zero-order valence-electron chi connectivity index (χ0n) is 7.84. The van der Waals surface area contributed by atoms with E-state index in [1.54, 1.807) is 6.20 Å². The van der Waals surface area contributed by atoms with Crippen molar-refractivity contribution in [2.45, 2.75) is 19.9 Å². The third-order valence-electron chi connectivity index (χ3n) is 1.91. The molecule has 2 aromatic rings. The largest absolute Gasteiger partial charge is 0.374 e. The highest BCUT2D eigenvalue weighted by atomic mass is 32.1. The lowest BCUT2D eigenvalue weighted by Crippen LogP contribution is -2.02. The van der Waals surface area contributed by atoms with Crippen LogP contribution in [-0.2, 0) is 13.0 Å². The van der Waals surface area contributed by atoms with Crippen LogP contribution in [0.1, 0.15) is 17.8 Å². The molecule has 0 unspecified atom stereocenters. The minimum Gasteiger partial charge on any atom is -0.374 e. The van der Waals surface area contributed by atoms with Gasteiger partial charge < -0.3 is 10.3 Å². The van der Waals surface area contributed by atoms with Crippen molar-refractivity contribution >= 4 is 16.5 Å². The van der Waals surface area contributed by atoms with E-state index in [0.717, 1.165) is 17.3 Å². The van der Waals surface area contributed by atoms with Gasteiger partial charge in [-0.25, -0.2) is 4.98 Å². The van der Waals surface area contributed by atoms with Gasteiger partial charge in [-0.1, -0.05) is 18.3 Å². The smallest absolute Gasteiger partial charge is 0.203 e. The molecule has 0 aromatic carbocycles. The van der Waals surface area contributed by atoms with E-state index in [1.165, 1.54) is 11.3 Å². The fraction of sp³-hybridized carbons (Fsp3) is 0.375. The maximum atomic E-state index is 5.50. The average Bonchev–Trinajstić information content (AvgIpc) is 2.76. The summed E-state index contributed by atoms with van der Waals surface area (Å²) in [5.41, 5.74) is 5.50. The Kier molecular flexibility index (Phi) is 2.45. The van der Waals surface area contributed by atoms with Crippen LogP contribution >= 0.6 is 11.3 Å². The summed E-state index contributed by atoms with van der Waals surface area (Å²) < 4.78 is 2.06. The van der Waals surface area contributed by atoms with Crippen molar-refractivity contribution in [3.05, 3.63) is 23.2 Å². The Morgan fingerprint density at radius 2 is 2.36 bits per heavy atom. The molecule has 0 spiro atoms.